The molecule has 2 aliphatic heterocycles. The van der Waals surface area contributed by atoms with Gasteiger partial charge < -0.3 is 15.0 Å². The number of anilines is 2. The Morgan fingerprint density at radius 1 is 1.17 bits per heavy atom. The number of likely N-dealkylation sites (N-methyl/N-ethyl adjacent to an activating group) is 1. The molecule has 0 aliphatic carbocycles. The van der Waals surface area contributed by atoms with Crippen LogP contribution in [0.25, 0.3) is 0 Å². The molecule has 0 saturated carbocycles. The molecule has 1 N–H and O–H groups in total. The quantitative estimate of drug-likeness (QED) is 0.892. The average molecular weight is 332 g/mol. The van der Waals surface area contributed by atoms with Crippen molar-refractivity contribution in [3.8, 4) is 0 Å². The first kappa shape index (κ1) is 16.1. The standard InChI is InChI=1S/C16H20N4O4/c1-11(21)17-9-14-10-20(16(23)24-14)13-5-3-12(4-6-13)19-8-7-18(2)15(19)22/h3-6,14H,7-10H2,1-2H3,(H,17,21). The minimum Gasteiger partial charge on any atom is -0.442 e. The van der Waals surface area contributed by atoms with Crippen molar-refractivity contribution in [2.75, 3.05) is 43.0 Å². The van der Waals surface area contributed by atoms with E-state index in [2.05, 4.69) is 5.32 Å². The molecule has 0 radical (unpaired) electrons. The van der Waals surface area contributed by atoms with Crippen LogP contribution in [0.3, 0.4) is 0 Å². The summed E-state index contributed by atoms with van der Waals surface area (Å²) in [6.07, 6.45) is -0.801. The summed E-state index contributed by atoms with van der Waals surface area (Å²) in [5.74, 6) is -0.158. The van der Waals surface area contributed by atoms with Gasteiger partial charge in [-0.1, -0.05) is 0 Å². The van der Waals surface area contributed by atoms with Crippen molar-refractivity contribution in [3.05, 3.63) is 24.3 Å². The minimum atomic E-state index is -0.435. The number of rotatable bonds is 4. The highest BCUT2D eigenvalue weighted by molar-refractivity contribution is 5.95. The summed E-state index contributed by atoms with van der Waals surface area (Å²) in [6, 6.07) is 7.20. The number of cyclic esters (lactones) is 1. The molecular weight excluding hydrogens is 312 g/mol. The van der Waals surface area contributed by atoms with E-state index in [4.69, 9.17) is 4.74 Å². The molecule has 8 heteroatoms. The number of hydrogen-bond donors (Lipinski definition) is 1. The van der Waals surface area contributed by atoms with Gasteiger partial charge in [-0.25, -0.2) is 9.59 Å². The third-order valence-electron chi connectivity index (χ3n) is 4.14. The van der Waals surface area contributed by atoms with E-state index in [0.717, 1.165) is 5.69 Å². The first-order valence-corrected chi connectivity index (χ1v) is 7.81. The number of carbonyl (C=O) groups is 3. The van der Waals surface area contributed by atoms with E-state index in [0.29, 0.717) is 31.9 Å². The molecule has 1 atom stereocenters. The van der Waals surface area contributed by atoms with Gasteiger partial charge in [0.1, 0.15) is 6.10 Å². The lowest BCUT2D eigenvalue weighted by molar-refractivity contribution is -0.119. The van der Waals surface area contributed by atoms with E-state index in [1.807, 2.05) is 12.1 Å². The molecule has 2 aliphatic rings. The van der Waals surface area contributed by atoms with E-state index in [1.165, 1.54) is 11.8 Å². The van der Waals surface area contributed by atoms with Crippen LogP contribution in [0.5, 0.6) is 0 Å². The van der Waals surface area contributed by atoms with Crippen LogP contribution in [0.2, 0.25) is 0 Å². The Labute approximate surface area is 139 Å². The van der Waals surface area contributed by atoms with Gasteiger partial charge in [0, 0.05) is 38.4 Å². The normalized spacial score (nSPS) is 20.6. The maximum Gasteiger partial charge on any atom is 0.414 e. The van der Waals surface area contributed by atoms with E-state index in [9.17, 15) is 14.4 Å². The van der Waals surface area contributed by atoms with Crippen molar-refractivity contribution in [2.24, 2.45) is 0 Å². The van der Waals surface area contributed by atoms with E-state index < -0.39 is 6.09 Å². The molecule has 0 spiro atoms. The molecule has 1 aromatic carbocycles. The largest absolute Gasteiger partial charge is 0.442 e. The van der Waals surface area contributed by atoms with Crippen molar-refractivity contribution >= 4 is 29.4 Å². The number of amides is 4. The Kier molecular flexibility index (Phi) is 4.28. The third kappa shape index (κ3) is 3.12. The molecule has 0 aromatic heterocycles. The minimum absolute atomic E-state index is 0.0290. The first-order valence-electron chi connectivity index (χ1n) is 7.81. The van der Waals surface area contributed by atoms with Gasteiger partial charge in [0.25, 0.3) is 0 Å². The van der Waals surface area contributed by atoms with Crippen LogP contribution in [0.4, 0.5) is 21.0 Å². The second kappa shape index (κ2) is 6.38. The van der Waals surface area contributed by atoms with Crippen molar-refractivity contribution in [2.45, 2.75) is 13.0 Å². The summed E-state index contributed by atoms with van der Waals surface area (Å²) >= 11 is 0. The SMILES string of the molecule is CC(=O)NCC1CN(c2ccc(N3CCN(C)C3=O)cc2)C(=O)O1. The highest BCUT2D eigenvalue weighted by Gasteiger charge is 2.32. The molecule has 24 heavy (non-hydrogen) atoms. The summed E-state index contributed by atoms with van der Waals surface area (Å²) in [5, 5.41) is 2.64. The number of hydrogen-bond acceptors (Lipinski definition) is 4. The molecule has 4 amide bonds. The number of benzene rings is 1. The lowest BCUT2D eigenvalue weighted by atomic mass is 10.2. The van der Waals surface area contributed by atoms with E-state index >= 15 is 0 Å². The van der Waals surface area contributed by atoms with Crippen LogP contribution in [-0.4, -0.2) is 62.3 Å². The molecule has 3 rings (SSSR count). The van der Waals surface area contributed by atoms with Crippen LogP contribution < -0.4 is 15.1 Å². The average Bonchev–Trinajstić information content (AvgIpc) is 3.09. The van der Waals surface area contributed by atoms with Gasteiger partial charge in [0.05, 0.1) is 13.1 Å². The fraction of sp³-hybridized carbons (Fsp3) is 0.438. The maximum absolute atomic E-state index is 12.0. The highest BCUT2D eigenvalue weighted by atomic mass is 16.6. The first-order chi connectivity index (χ1) is 11.5. The van der Waals surface area contributed by atoms with E-state index in [1.54, 1.807) is 29.0 Å². The van der Waals surface area contributed by atoms with Gasteiger partial charge in [0.15, 0.2) is 0 Å². The smallest absolute Gasteiger partial charge is 0.414 e. The van der Waals surface area contributed by atoms with E-state index in [-0.39, 0.29) is 18.0 Å². The number of nitrogens with one attached hydrogen (secondary N) is 1. The Morgan fingerprint density at radius 2 is 1.79 bits per heavy atom. The molecule has 8 nitrogen and oxygen atoms in total. The number of nitrogens with zero attached hydrogens (tertiary/aromatic N) is 3. The number of ether oxygens (including phenoxy) is 1. The van der Waals surface area contributed by atoms with Crippen molar-refractivity contribution in [1.82, 2.24) is 10.2 Å². The van der Waals surface area contributed by atoms with Gasteiger partial charge in [-0.3, -0.25) is 14.6 Å². The van der Waals surface area contributed by atoms with Crippen LogP contribution in [0.1, 0.15) is 6.92 Å². The van der Waals surface area contributed by atoms with Crippen LogP contribution in [0, 0.1) is 0 Å². The summed E-state index contributed by atoms with van der Waals surface area (Å²) in [4.78, 5) is 39.8. The number of urea groups is 1. The molecule has 1 aromatic rings. The predicted molar refractivity (Wildman–Crippen MR) is 88.1 cm³/mol. The molecule has 2 fully saturated rings. The Balaban J connectivity index is 1.66. The Bertz CT molecular complexity index is 661. The molecule has 0 bridgehead atoms. The molecule has 2 saturated heterocycles. The maximum atomic E-state index is 12.0. The Morgan fingerprint density at radius 3 is 2.33 bits per heavy atom. The van der Waals surface area contributed by atoms with Crippen LogP contribution in [-0.2, 0) is 9.53 Å². The predicted octanol–water partition coefficient (Wildman–Crippen LogP) is 1.02. The number of carbonyl (C=O) groups excluding carboxylic acids is 3. The lowest BCUT2D eigenvalue weighted by Gasteiger charge is -2.18. The molecular formula is C16H20N4O4. The van der Waals surface area contributed by atoms with Crippen LogP contribution in [0.15, 0.2) is 24.3 Å². The fourth-order valence-electron chi connectivity index (χ4n) is 2.80. The highest BCUT2D eigenvalue weighted by Crippen LogP contribution is 2.26. The Hall–Kier alpha value is -2.77. The summed E-state index contributed by atoms with van der Waals surface area (Å²) in [7, 11) is 1.77. The molecule has 2 heterocycles. The lowest BCUT2D eigenvalue weighted by Crippen LogP contribution is -2.33. The monoisotopic (exact) mass is 332 g/mol. The van der Waals surface area contributed by atoms with Gasteiger partial charge in [-0.2, -0.15) is 0 Å². The van der Waals surface area contributed by atoms with Crippen LogP contribution >= 0.6 is 0 Å². The summed E-state index contributed by atoms with van der Waals surface area (Å²) < 4.78 is 5.24. The van der Waals surface area contributed by atoms with Gasteiger partial charge in [-0.05, 0) is 24.3 Å². The zero-order valence-corrected chi connectivity index (χ0v) is 13.7. The molecule has 128 valence electrons. The topological polar surface area (TPSA) is 82.2 Å². The zero-order chi connectivity index (χ0) is 17.3. The van der Waals surface area contributed by atoms with Gasteiger partial charge in [-0.15, -0.1) is 0 Å². The fourth-order valence-corrected chi connectivity index (χ4v) is 2.80. The van der Waals surface area contributed by atoms with Crippen molar-refractivity contribution in [3.63, 3.8) is 0 Å². The van der Waals surface area contributed by atoms with Crippen molar-refractivity contribution < 1.29 is 19.1 Å². The van der Waals surface area contributed by atoms with Gasteiger partial charge in [0.2, 0.25) is 5.91 Å². The third-order valence-corrected chi connectivity index (χ3v) is 4.14. The summed E-state index contributed by atoms with van der Waals surface area (Å²) in [5.41, 5.74) is 1.50. The second-order valence-corrected chi connectivity index (χ2v) is 5.93. The summed E-state index contributed by atoms with van der Waals surface area (Å²) in [6.45, 7) is 3.45. The zero-order valence-electron chi connectivity index (χ0n) is 13.7. The molecule has 1 unspecified atom stereocenters. The second-order valence-electron chi connectivity index (χ2n) is 5.93. The van der Waals surface area contributed by atoms with Crippen molar-refractivity contribution in [1.29, 1.82) is 0 Å². The van der Waals surface area contributed by atoms with Gasteiger partial charge >= 0.3 is 12.1 Å².